The van der Waals surface area contributed by atoms with Gasteiger partial charge in [-0.3, -0.25) is 14.4 Å². The number of fused-ring (bicyclic) bond motifs is 1. The highest BCUT2D eigenvalue weighted by Gasteiger charge is 2.73. The van der Waals surface area contributed by atoms with E-state index in [1.165, 1.54) is 4.90 Å². The lowest BCUT2D eigenvalue weighted by molar-refractivity contribution is -0.153. The lowest BCUT2D eigenvalue weighted by atomic mass is 9.71. The number of nitrogens with zero attached hydrogens (tertiary/aromatic N) is 1. The fourth-order valence-electron chi connectivity index (χ4n) is 4.79. The van der Waals surface area contributed by atoms with Crippen molar-refractivity contribution in [2.45, 2.75) is 55.6 Å². The zero-order valence-corrected chi connectivity index (χ0v) is 16.2. The molecule has 0 saturated carbocycles. The summed E-state index contributed by atoms with van der Waals surface area (Å²) < 4.78 is 4.65. The summed E-state index contributed by atoms with van der Waals surface area (Å²) in [5.41, 5.74) is 0. The molecule has 8 heteroatoms. The van der Waals surface area contributed by atoms with Crippen molar-refractivity contribution in [2.24, 2.45) is 11.8 Å². The van der Waals surface area contributed by atoms with Crippen LogP contribution in [0.2, 0.25) is 0 Å². The monoisotopic (exact) mass is 384 g/mol. The number of aliphatic hydroxyl groups excluding tert-OH is 1. The molecule has 3 aliphatic rings. The third kappa shape index (κ3) is 2.91. The number of esters is 1. The summed E-state index contributed by atoms with van der Waals surface area (Å²) >= 11 is 1.62. The van der Waals surface area contributed by atoms with E-state index < -0.39 is 22.6 Å². The van der Waals surface area contributed by atoms with E-state index in [4.69, 9.17) is 4.74 Å². The summed E-state index contributed by atoms with van der Waals surface area (Å²) in [7, 11) is 0. The van der Waals surface area contributed by atoms with E-state index in [-0.39, 0.29) is 42.8 Å². The van der Waals surface area contributed by atoms with Crippen LogP contribution >= 0.6 is 11.8 Å². The van der Waals surface area contributed by atoms with Crippen LogP contribution in [0.1, 0.15) is 39.5 Å². The Kier molecular flexibility index (Phi) is 5.81. The van der Waals surface area contributed by atoms with Crippen LogP contribution in [0.25, 0.3) is 0 Å². The van der Waals surface area contributed by atoms with Gasteiger partial charge in [-0.15, -0.1) is 11.8 Å². The maximum Gasteiger partial charge on any atom is 0.310 e. The number of amides is 2. The van der Waals surface area contributed by atoms with Crippen molar-refractivity contribution in [1.29, 1.82) is 0 Å². The Morgan fingerprint density at radius 2 is 2.19 bits per heavy atom. The van der Waals surface area contributed by atoms with Crippen molar-refractivity contribution in [2.75, 3.05) is 26.3 Å². The van der Waals surface area contributed by atoms with Crippen LogP contribution in [0.5, 0.6) is 0 Å². The van der Waals surface area contributed by atoms with Crippen LogP contribution in [0, 0.1) is 11.8 Å². The summed E-state index contributed by atoms with van der Waals surface area (Å²) in [6, 6.07) is -0.626. The van der Waals surface area contributed by atoms with Crippen molar-refractivity contribution < 1.29 is 24.2 Å². The number of hydrogen-bond donors (Lipinski definition) is 2. The lowest BCUT2D eigenvalue weighted by Gasteiger charge is -2.33. The number of ether oxygens (including phenoxy) is 1. The van der Waals surface area contributed by atoms with Crippen LogP contribution in [0.3, 0.4) is 0 Å². The van der Waals surface area contributed by atoms with Gasteiger partial charge in [-0.1, -0.05) is 13.3 Å². The molecule has 2 amide bonds. The predicted molar refractivity (Wildman–Crippen MR) is 97.5 cm³/mol. The SMILES string of the molecule is CCCCNC(=O)C1N(CCO)C(=O)[C@@H]2[C@H](C(=O)OCC)[C@@H]3CCC12S3. The van der Waals surface area contributed by atoms with Crippen LogP contribution < -0.4 is 5.32 Å². The summed E-state index contributed by atoms with van der Waals surface area (Å²) in [6.07, 6.45) is 3.40. The van der Waals surface area contributed by atoms with Crippen LogP contribution in [-0.2, 0) is 19.1 Å². The highest BCUT2D eigenvalue weighted by Crippen LogP contribution is 2.66. The molecule has 3 fully saturated rings. The molecule has 0 radical (unpaired) electrons. The molecule has 26 heavy (non-hydrogen) atoms. The standard InChI is InChI=1S/C18H28N2O5S/c1-3-5-8-19-15(22)14-18-7-6-11(26-18)12(17(24)25-4-2)13(18)16(23)20(14)9-10-21/h11-14,21H,3-10H2,1-2H3,(H,19,22)/t11-,12+,13-,14?,18?/m0/s1. The molecule has 3 aliphatic heterocycles. The summed E-state index contributed by atoms with van der Waals surface area (Å²) in [6.45, 7) is 4.57. The molecule has 5 atom stereocenters. The third-order valence-electron chi connectivity index (χ3n) is 5.78. The Bertz CT molecular complexity index is 586. The first-order valence-corrected chi connectivity index (χ1v) is 10.4. The highest BCUT2D eigenvalue weighted by molar-refractivity contribution is 8.02. The Labute approximate surface area is 158 Å². The number of likely N-dealkylation sites (tertiary alicyclic amines) is 1. The average molecular weight is 384 g/mol. The minimum absolute atomic E-state index is 0.0326. The molecule has 3 heterocycles. The molecule has 7 nitrogen and oxygen atoms in total. The van der Waals surface area contributed by atoms with Crippen molar-refractivity contribution >= 4 is 29.5 Å². The predicted octanol–water partition coefficient (Wildman–Crippen LogP) is 0.549. The van der Waals surface area contributed by atoms with E-state index in [2.05, 4.69) is 12.2 Å². The van der Waals surface area contributed by atoms with Gasteiger partial charge in [0.2, 0.25) is 11.8 Å². The number of nitrogens with one attached hydrogen (secondary N) is 1. The smallest absolute Gasteiger partial charge is 0.310 e. The zero-order valence-electron chi connectivity index (χ0n) is 15.4. The quantitative estimate of drug-likeness (QED) is 0.469. The first-order chi connectivity index (χ1) is 12.5. The number of carbonyl (C=O) groups is 3. The first-order valence-electron chi connectivity index (χ1n) is 9.55. The van der Waals surface area contributed by atoms with Gasteiger partial charge in [0.15, 0.2) is 0 Å². The van der Waals surface area contributed by atoms with Gasteiger partial charge in [0.05, 0.1) is 29.8 Å². The third-order valence-corrected chi connectivity index (χ3v) is 7.73. The Balaban J connectivity index is 1.90. The molecular formula is C18H28N2O5S. The number of aliphatic hydroxyl groups is 1. The van der Waals surface area contributed by atoms with Crippen LogP contribution in [0.4, 0.5) is 0 Å². The van der Waals surface area contributed by atoms with Crippen LogP contribution in [-0.4, -0.2) is 70.1 Å². The molecule has 1 spiro atoms. The number of unbranched alkanes of at least 4 members (excludes halogenated alkanes) is 1. The molecule has 2 N–H and O–H groups in total. The van der Waals surface area contributed by atoms with E-state index in [0.717, 1.165) is 25.7 Å². The molecule has 0 aromatic heterocycles. The molecule has 2 unspecified atom stereocenters. The van der Waals surface area contributed by atoms with E-state index in [0.29, 0.717) is 6.54 Å². The number of β-amino-alcohol motifs (C(OH)–C–C–N with tert-alkyl or cyclic N) is 1. The van der Waals surface area contributed by atoms with E-state index in [1.807, 2.05) is 0 Å². The van der Waals surface area contributed by atoms with Crippen molar-refractivity contribution in [3.05, 3.63) is 0 Å². The van der Waals surface area contributed by atoms with Crippen molar-refractivity contribution in [1.82, 2.24) is 10.2 Å². The van der Waals surface area contributed by atoms with Gasteiger partial charge in [0.25, 0.3) is 0 Å². The van der Waals surface area contributed by atoms with Gasteiger partial charge >= 0.3 is 5.97 Å². The Morgan fingerprint density at radius 1 is 1.42 bits per heavy atom. The first kappa shape index (κ1) is 19.5. The Morgan fingerprint density at radius 3 is 2.85 bits per heavy atom. The lowest BCUT2D eigenvalue weighted by Crippen LogP contribution is -2.54. The van der Waals surface area contributed by atoms with Gasteiger partial charge < -0.3 is 20.1 Å². The van der Waals surface area contributed by atoms with Gasteiger partial charge in [0, 0.05) is 18.3 Å². The molecule has 0 aromatic carbocycles. The maximum atomic E-state index is 13.1. The summed E-state index contributed by atoms with van der Waals surface area (Å²) in [5.74, 6) is -1.71. The number of rotatable bonds is 8. The Hall–Kier alpha value is -1.28. The highest BCUT2D eigenvalue weighted by atomic mass is 32.2. The van der Waals surface area contributed by atoms with E-state index >= 15 is 0 Å². The molecule has 3 saturated heterocycles. The second-order valence-electron chi connectivity index (χ2n) is 7.21. The molecule has 3 rings (SSSR count). The molecule has 0 aromatic rings. The van der Waals surface area contributed by atoms with E-state index in [9.17, 15) is 19.5 Å². The summed E-state index contributed by atoms with van der Waals surface area (Å²) in [4.78, 5) is 40.1. The maximum absolute atomic E-state index is 13.1. The fourth-order valence-corrected chi connectivity index (χ4v) is 7.00. The normalized spacial score (nSPS) is 34.9. The second-order valence-corrected chi connectivity index (χ2v) is 8.81. The average Bonchev–Trinajstić information content (AvgIpc) is 3.24. The largest absolute Gasteiger partial charge is 0.466 e. The molecular weight excluding hydrogens is 356 g/mol. The van der Waals surface area contributed by atoms with Gasteiger partial charge in [-0.05, 0) is 26.2 Å². The topological polar surface area (TPSA) is 95.9 Å². The minimum atomic E-state index is -0.626. The van der Waals surface area contributed by atoms with Gasteiger partial charge in [-0.25, -0.2) is 0 Å². The van der Waals surface area contributed by atoms with Crippen molar-refractivity contribution in [3.63, 3.8) is 0 Å². The van der Waals surface area contributed by atoms with Gasteiger partial charge in [-0.2, -0.15) is 0 Å². The number of thioether (sulfide) groups is 1. The van der Waals surface area contributed by atoms with E-state index in [1.54, 1.807) is 18.7 Å². The minimum Gasteiger partial charge on any atom is -0.466 e. The number of carbonyl (C=O) groups excluding carboxylic acids is 3. The fraction of sp³-hybridized carbons (Fsp3) is 0.833. The zero-order chi connectivity index (χ0) is 18.9. The molecule has 0 aliphatic carbocycles. The van der Waals surface area contributed by atoms with Gasteiger partial charge in [0.1, 0.15) is 6.04 Å². The summed E-state index contributed by atoms with van der Waals surface area (Å²) in [5, 5.41) is 12.4. The molecule has 2 bridgehead atoms. The second kappa shape index (κ2) is 7.76. The van der Waals surface area contributed by atoms with Crippen LogP contribution in [0.15, 0.2) is 0 Å². The number of hydrogen-bond acceptors (Lipinski definition) is 6. The van der Waals surface area contributed by atoms with Crippen molar-refractivity contribution in [3.8, 4) is 0 Å². The molecule has 146 valence electrons.